The molecule has 1 aliphatic heterocycles. The van der Waals surface area contributed by atoms with Crippen LogP contribution in [0.2, 0.25) is 0 Å². The highest BCUT2D eigenvalue weighted by molar-refractivity contribution is 5.68. The molecule has 0 atom stereocenters. The Labute approximate surface area is 71.4 Å². The lowest BCUT2D eigenvalue weighted by atomic mass is 10.3. The normalized spacial score (nSPS) is 14.5. The van der Waals surface area contributed by atoms with Gasteiger partial charge in [-0.3, -0.25) is 0 Å². The van der Waals surface area contributed by atoms with Gasteiger partial charge in [-0.05, 0) is 13.8 Å². The van der Waals surface area contributed by atoms with Crippen molar-refractivity contribution >= 4 is 11.5 Å². The van der Waals surface area contributed by atoms with E-state index < -0.39 is 0 Å². The highest BCUT2D eigenvalue weighted by Crippen LogP contribution is 2.23. The first-order chi connectivity index (χ1) is 5.77. The monoisotopic (exact) mass is 164 g/mol. The van der Waals surface area contributed by atoms with Crippen molar-refractivity contribution in [3.8, 4) is 0 Å². The first kappa shape index (κ1) is 7.34. The molecule has 0 saturated carbocycles. The SMILES string of the molecule is Cc1nc(C)c2c(n1)NCCN2. The summed E-state index contributed by atoms with van der Waals surface area (Å²) in [6.45, 7) is 5.78. The molecule has 4 nitrogen and oxygen atoms in total. The summed E-state index contributed by atoms with van der Waals surface area (Å²) in [5.41, 5.74) is 2.07. The topological polar surface area (TPSA) is 49.8 Å². The summed E-state index contributed by atoms with van der Waals surface area (Å²) in [5.74, 6) is 1.76. The first-order valence-corrected chi connectivity index (χ1v) is 4.10. The molecule has 0 aromatic carbocycles. The van der Waals surface area contributed by atoms with E-state index in [1.807, 2.05) is 13.8 Å². The summed E-state index contributed by atoms with van der Waals surface area (Å²) in [5, 5.41) is 6.50. The molecular formula is C8H12N4. The number of aromatic nitrogens is 2. The number of hydrogen-bond donors (Lipinski definition) is 2. The maximum absolute atomic E-state index is 4.29. The fourth-order valence-electron chi connectivity index (χ4n) is 1.42. The lowest BCUT2D eigenvalue weighted by molar-refractivity contribution is 0.947. The molecule has 0 aliphatic carbocycles. The molecule has 0 saturated heterocycles. The zero-order valence-corrected chi connectivity index (χ0v) is 7.31. The van der Waals surface area contributed by atoms with Crippen molar-refractivity contribution in [3.05, 3.63) is 11.5 Å². The molecule has 0 fully saturated rings. The Morgan fingerprint density at radius 2 is 1.83 bits per heavy atom. The van der Waals surface area contributed by atoms with Crippen LogP contribution >= 0.6 is 0 Å². The second-order valence-electron chi connectivity index (χ2n) is 2.93. The van der Waals surface area contributed by atoms with Crippen LogP contribution in [0.5, 0.6) is 0 Å². The van der Waals surface area contributed by atoms with Crippen LogP contribution in [0.25, 0.3) is 0 Å². The maximum atomic E-state index is 4.29. The highest BCUT2D eigenvalue weighted by atomic mass is 15.1. The largest absolute Gasteiger partial charge is 0.379 e. The molecule has 0 radical (unpaired) electrons. The Morgan fingerprint density at radius 1 is 1.08 bits per heavy atom. The van der Waals surface area contributed by atoms with Gasteiger partial charge in [-0.2, -0.15) is 0 Å². The summed E-state index contributed by atoms with van der Waals surface area (Å²) < 4.78 is 0. The van der Waals surface area contributed by atoms with E-state index in [9.17, 15) is 0 Å². The summed E-state index contributed by atoms with van der Waals surface area (Å²) in [6, 6.07) is 0. The van der Waals surface area contributed by atoms with Gasteiger partial charge in [-0.25, -0.2) is 9.97 Å². The predicted octanol–water partition coefficient (Wildman–Crippen LogP) is 0.931. The average molecular weight is 164 g/mol. The number of rotatable bonds is 0. The summed E-state index contributed by atoms with van der Waals surface area (Å²) in [7, 11) is 0. The van der Waals surface area contributed by atoms with Gasteiger partial charge in [0.1, 0.15) is 5.82 Å². The van der Waals surface area contributed by atoms with Gasteiger partial charge in [0.05, 0.1) is 11.4 Å². The van der Waals surface area contributed by atoms with Gasteiger partial charge in [-0.15, -0.1) is 0 Å². The zero-order chi connectivity index (χ0) is 8.55. The van der Waals surface area contributed by atoms with Gasteiger partial charge in [0.15, 0.2) is 5.82 Å². The Bertz CT molecular complexity index is 308. The number of aryl methyl sites for hydroxylation is 2. The van der Waals surface area contributed by atoms with E-state index in [-0.39, 0.29) is 0 Å². The zero-order valence-electron chi connectivity index (χ0n) is 7.31. The Hall–Kier alpha value is -1.32. The minimum absolute atomic E-state index is 0.822. The molecule has 0 amide bonds. The number of fused-ring (bicyclic) bond motifs is 1. The molecule has 2 heterocycles. The standard InChI is InChI=1S/C8H12N4/c1-5-7-8(10-4-3-9-7)12-6(2)11-5/h9H,3-4H2,1-2H3,(H,10,11,12). The number of anilines is 2. The second-order valence-corrected chi connectivity index (χ2v) is 2.93. The van der Waals surface area contributed by atoms with Crippen molar-refractivity contribution in [3.63, 3.8) is 0 Å². The Balaban J connectivity index is 2.53. The molecule has 0 unspecified atom stereocenters. The van der Waals surface area contributed by atoms with Crippen LogP contribution in [0.3, 0.4) is 0 Å². The van der Waals surface area contributed by atoms with Crippen molar-refractivity contribution in [2.75, 3.05) is 23.7 Å². The van der Waals surface area contributed by atoms with Gasteiger partial charge < -0.3 is 10.6 Å². The number of hydrogen-bond acceptors (Lipinski definition) is 4. The van der Waals surface area contributed by atoms with Crippen molar-refractivity contribution < 1.29 is 0 Å². The molecule has 64 valence electrons. The highest BCUT2D eigenvalue weighted by Gasteiger charge is 2.12. The van der Waals surface area contributed by atoms with E-state index in [1.165, 1.54) is 0 Å². The van der Waals surface area contributed by atoms with Crippen LogP contribution < -0.4 is 10.6 Å². The Morgan fingerprint density at radius 3 is 2.67 bits per heavy atom. The van der Waals surface area contributed by atoms with Gasteiger partial charge in [-0.1, -0.05) is 0 Å². The maximum Gasteiger partial charge on any atom is 0.153 e. The van der Waals surface area contributed by atoms with Crippen LogP contribution in [-0.2, 0) is 0 Å². The van der Waals surface area contributed by atoms with Crippen molar-refractivity contribution in [2.24, 2.45) is 0 Å². The minimum atomic E-state index is 0.822. The van der Waals surface area contributed by atoms with Gasteiger partial charge in [0, 0.05) is 13.1 Å². The lowest BCUT2D eigenvalue weighted by Crippen LogP contribution is -2.23. The third-order valence-electron chi connectivity index (χ3n) is 1.92. The van der Waals surface area contributed by atoms with Crippen LogP contribution in [0.4, 0.5) is 11.5 Å². The van der Waals surface area contributed by atoms with Crippen molar-refractivity contribution in [2.45, 2.75) is 13.8 Å². The van der Waals surface area contributed by atoms with Gasteiger partial charge in [0.2, 0.25) is 0 Å². The second kappa shape index (κ2) is 2.62. The molecule has 1 aliphatic rings. The minimum Gasteiger partial charge on any atom is -0.379 e. The fourth-order valence-corrected chi connectivity index (χ4v) is 1.42. The van der Waals surface area contributed by atoms with Gasteiger partial charge in [0.25, 0.3) is 0 Å². The molecule has 4 heteroatoms. The van der Waals surface area contributed by atoms with Crippen LogP contribution in [0, 0.1) is 13.8 Å². The van der Waals surface area contributed by atoms with E-state index in [0.717, 1.165) is 36.1 Å². The molecule has 0 spiro atoms. The molecular weight excluding hydrogens is 152 g/mol. The van der Waals surface area contributed by atoms with E-state index in [2.05, 4.69) is 20.6 Å². The number of nitrogens with zero attached hydrogens (tertiary/aromatic N) is 2. The summed E-state index contributed by atoms with van der Waals surface area (Å²) in [6.07, 6.45) is 0. The molecule has 1 aromatic heterocycles. The Kier molecular flexibility index (Phi) is 1.60. The third kappa shape index (κ3) is 1.09. The summed E-state index contributed by atoms with van der Waals surface area (Å²) >= 11 is 0. The molecule has 1 aromatic rings. The third-order valence-corrected chi connectivity index (χ3v) is 1.92. The molecule has 0 bridgehead atoms. The van der Waals surface area contributed by atoms with Crippen molar-refractivity contribution in [1.82, 2.24) is 9.97 Å². The average Bonchev–Trinajstić information content (AvgIpc) is 2.04. The predicted molar refractivity (Wildman–Crippen MR) is 48.5 cm³/mol. The van der Waals surface area contributed by atoms with E-state index in [1.54, 1.807) is 0 Å². The van der Waals surface area contributed by atoms with E-state index in [4.69, 9.17) is 0 Å². The van der Waals surface area contributed by atoms with Crippen LogP contribution in [0.1, 0.15) is 11.5 Å². The lowest BCUT2D eigenvalue weighted by Gasteiger charge is -2.20. The van der Waals surface area contributed by atoms with E-state index >= 15 is 0 Å². The number of nitrogens with one attached hydrogen (secondary N) is 2. The van der Waals surface area contributed by atoms with Gasteiger partial charge >= 0.3 is 0 Å². The van der Waals surface area contributed by atoms with Crippen LogP contribution in [0.15, 0.2) is 0 Å². The van der Waals surface area contributed by atoms with E-state index in [0.29, 0.717) is 0 Å². The quantitative estimate of drug-likeness (QED) is 0.599. The summed E-state index contributed by atoms with van der Waals surface area (Å²) in [4.78, 5) is 8.56. The molecule has 12 heavy (non-hydrogen) atoms. The smallest absolute Gasteiger partial charge is 0.153 e. The van der Waals surface area contributed by atoms with Crippen molar-refractivity contribution in [1.29, 1.82) is 0 Å². The molecule has 2 N–H and O–H groups in total. The van der Waals surface area contributed by atoms with Crippen LogP contribution in [-0.4, -0.2) is 23.1 Å². The fraction of sp³-hybridized carbons (Fsp3) is 0.500. The molecule has 2 rings (SSSR count). The first-order valence-electron chi connectivity index (χ1n) is 4.10.